The van der Waals surface area contributed by atoms with Crippen molar-refractivity contribution in [1.29, 1.82) is 5.26 Å². The molecule has 0 radical (unpaired) electrons. The van der Waals surface area contributed by atoms with Gasteiger partial charge in [-0.05, 0) is 81.7 Å². The Morgan fingerprint density at radius 2 is 1.79 bits per heavy atom. The molecule has 2 aliphatic carbocycles. The molecule has 3 heterocycles. The maximum Gasteiger partial charge on any atom is 0.419 e. The van der Waals surface area contributed by atoms with E-state index in [0.717, 1.165) is 42.4 Å². The molecular weight excluding hydrogens is 515 g/mol. The zero-order valence-electron chi connectivity index (χ0n) is 20.7. The fourth-order valence-corrected chi connectivity index (χ4v) is 6.99. The number of ether oxygens (including phenoxy) is 1. The van der Waals surface area contributed by atoms with Gasteiger partial charge in [-0.25, -0.2) is 4.98 Å². The van der Waals surface area contributed by atoms with Gasteiger partial charge in [0.15, 0.2) is 10.8 Å². The number of thiocarbonyl (C=S) groups is 1. The topological polar surface area (TPSA) is 72.7 Å². The van der Waals surface area contributed by atoms with Crippen molar-refractivity contribution in [1.82, 2.24) is 9.88 Å². The number of amides is 1. The molecule has 4 aliphatic rings. The summed E-state index contributed by atoms with van der Waals surface area (Å²) in [5, 5.41) is 9.19. The van der Waals surface area contributed by atoms with E-state index in [1.165, 1.54) is 18.9 Å². The minimum Gasteiger partial charge on any atom is -0.490 e. The van der Waals surface area contributed by atoms with Crippen molar-refractivity contribution in [3.8, 4) is 11.8 Å². The second kappa shape index (κ2) is 8.92. The molecule has 1 aromatic heterocycles. The number of fused-ring (bicyclic) bond motifs is 2. The smallest absolute Gasteiger partial charge is 0.419 e. The van der Waals surface area contributed by atoms with Gasteiger partial charge < -0.3 is 14.5 Å². The molecule has 2 saturated carbocycles. The van der Waals surface area contributed by atoms with Gasteiger partial charge >= 0.3 is 6.18 Å². The highest BCUT2D eigenvalue weighted by molar-refractivity contribution is 7.81. The van der Waals surface area contributed by atoms with E-state index in [4.69, 9.17) is 22.2 Å². The molecule has 1 spiro atoms. The Bertz CT molecular complexity index is 1320. The summed E-state index contributed by atoms with van der Waals surface area (Å²) in [5.74, 6) is 1.40. The lowest BCUT2D eigenvalue weighted by Gasteiger charge is -2.43. The average molecular weight is 542 g/mol. The quantitative estimate of drug-likeness (QED) is 0.518. The first-order valence-corrected chi connectivity index (χ1v) is 13.1. The van der Waals surface area contributed by atoms with Crippen LogP contribution in [0.1, 0.15) is 43.4 Å². The third-order valence-electron chi connectivity index (χ3n) is 8.43. The van der Waals surface area contributed by atoms with Gasteiger partial charge in [0, 0.05) is 30.6 Å². The Morgan fingerprint density at radius 3 is 2.34 bits per heavy atom. The lowest BCUT2D eigenvalue weighted by molar-refractivity contribution is -0.138. The predicted molar refractivity (Wildman–Crippen MR) is 138 cm³/mol. The number of rotatable bonds is 4. The zero-order valence-corrected chi connectivity index (χ0v) is 21.6. The fraction of sp³-hybridized carbons (Fsp3) is 0.481. The molecule has 6 rings (SSSR count). The standard InChI is InChI=1S/C27H26F3N5O2S/c1-33-14-16-3-4-17(15-33)23(16)37-20-7-5-18(6-8-20)35-25(38)34(24(36)26(35)9-2-10-26)19-11-21(27(28,29)30)22(12-31)32-13-19/h5-8,11,13,16-17,23H,2-4,9-10,14-15H2,1H3. The van der Waals surface area contributed by atoms with Gasteiger partial charge in [-0.3, -0.25) is 9.69 Å². The second-order valence-corrected chi connectivity index (χ2v) is 11.1. The molecule has 1 aromatic carbocycles. The number of halogens is 3. The molecule has 2 aromatic rings. The lowest BCUT2D eigenvalue weighted by Crippen LogP contribution is -2.55. The van der Waals surface area contributed by atoms with Crippen LogP contribution in [0.5, 0.6) is 5.75 Å². The van der Waals surface area contributed by atoms with Crippen LogP contribution in [0.15, 0.2) is 36.5 Å². The first kappa shape index (κ1) is 25.1. The van der Waals surface area contributed by atoms with E-state index in [-0.39, 0.29) is 22.8 Å². The number of hydrogen-bond donors (Lipinski definition) is 0. The van der Waals surface area contributed by atoms with Gasteiger partial charge in [-0.15, -0.1) is 0 Å². The van der Waals surface area contributed by atoms with Crippen LogP contribution in [-0.2, 0) is 11.0 Å². The van der Waals surface area contributed by atoms with Crippen molar-refractivity contribution in [2.75, 3.05) is 29.9 Å². The Balaban J connectivity index is 1.28. The summed E-state index contributed by atoms with van der Waals surface area (Å²) in [6, 6.07) is 9.71. The van der Waals surface area contributed by atoms with Gasteiger partial charge in [0.1, 0.15) is 23.5 Å². The van der Waals surface area contributed by atoms with Crippen molar-refractivity contribution in [3.63, 3.8) is 0 Å². The molecule has 7 nitrogen and oxygen atoms in total. The summed E-state index contributed by atoms with van der Waals surface area (Å²) in [4.78, 5) is 22.6. The number of alkyl halides is 3. The SMILES string of the molecule is CN1CC2CCC(C1)C2Oc1ccc(N2C(=S)N(c3cnc(C#N)c(C(F)(F)F)c3)C(=O)C23CCC3)cc1. The number of carbonyl (C=O) groups excluding carboxylic acids is 1. The van der Waals surface area contributed by atoms with Gasteiger partial charge in [0.05, 0.1) is 17.4 Å². The number of aromatic nitrogens is 1. The van der Waals surface area contributed by atoms with Crippen LogP contribution in [0.25, 0.3) is 0 Å². The Kier molecular flexibility index (Phi) is 5.88. The van der Waals surface area contributed by atoms with Crippen molar-refractivity contribution in [2.45, 2.75) is 49.9 Å². The highest BCUT2D eigenvalue weighted by Gasteiger charge is 2.59. The first-order valence-electron chi connectivity index (χ1n) is 12.7. The van der Waals surface area contributed by atoms with Crippen molar-refractivity contribution >= 4 is 34.6 Å². The van der Waals surface area contributed by atoms with Gasteiger partial charge in [0.2, 0.25) is 0 Å². The number of carbonyl (C=O) groups is 1. The average Bonchev–Trinajstić information content (AvgIpc) is 3.23. The van der Waals surface area contributed by atoms with Crippen molar-refractivity contribution in [3.05, 3.63) is 47.8 Å². The summed E-state index contributed by atoms with van der Waals surface area (Å²) in [7, 11) is 2.15. The summed E-state index contributed by atoms with van der Waals surface area (Å²) in [6.45, 7) is 2.06. The van der Waals surface area contributed by atoms with Crippen LogP contribution in [-0.4, -0.2) is 52.7 Å². The van der Waals surface area contributed by atoms with E-state index in [0.29, 0.717) is 30.4 Å². The third-order valence-corrected chi connectivity index (χ3v) is 8.80. The Morgan fingerprint density at radius 1 is 1.13 bits per heavy atom. The minimum atomic E-state index is -4.80. The van der Waals surface area contributed by atoms with Gasteiger partial charge in [-0.1, -0.05) is 0 Å². The molecule has 2 saturated heterocycles. The number of benzene rings is 1. The third kappa shape index (κ3) is 3.84. The van der Waals surface area contributed by atoms with Crippen LogP contribution < -0.4 is 14.5 Å². The van der Waals surface area contributed by atoms with Gasteiger partial charge in [0.25, 0.3) is 5.91 Å². The molecule has 2 aliphatic heterocycles. The predicted octanol–water partition coefficient (Wildman–Crippen LogP) is 4.75. The van der Waals surface area contributed by atoms with Crippen molar-refractivity contribution in [2.24, 2.45) is 11.8 Å². The molecule has 11 heteroatoms. The Labute approximate surface area is 223 Å². The maximum atomic E-state index is 13.6. The summed E-state index contributed by atoms with van der Waals surface area (Å²) in [6.07, 6.45) is 0.701. The monoisotopic (exact) mass is 541 g/mol. The molecule has 2 atom stereocenters. The number of hydrogen-bond acceptors (Lipinski definition) is 6. The molecule has 4 fully saturated rings. The number of anilines is 2. The zero-order chi connectivity index (χ0) is 26.8. The van der Waals surface area contributed by atoms with E-state index in [1.54, 1.807) is 4.90 Å². The minimum absolute atomic E-state index is 0.0939. The molecule has 2 unspecified atom stereocenters. The van der Waals surface area contributed by atoms with Gasteiger partial charge in [-0.2, -0.15) is 18.4 Å². The van der Waals surface area contributed by atoms with E-state index in [1.807, 2.05) is 24.3 Å². The molecule has 198 valence electrons. The lowest BCUT2D eigenvalue weighted by atomic mass is 9.75. The highest BCUT2D eigenvalue weighted by Crippen LogP contribution is 2.48. The molecule has 0 N–H and O–H groups in total. The number of nitriles is 1. The molecule has 1 amide bonds. The number of pyridine rings is 1. The number of likely N-dealkylation sites (tertiary alicyclic amines) is 1. The molecule has 38 heavy (non-hydrogen) atoms. The number of piperidine rings is 1. The van der Waals surface area contributed by atoms with E-state index >= 15 is 0 Å². The van der Waals surface area contributed by atoms with Crippen molar-refractivity contribution < 1.29 is 22.7 Å². The van der Waals surface area contributed by atoms with Crippen LogP contribution in [0.3, 0.4) is 0 Å². The van der Waals surface area contributed by atoms with Crippen LogP contribution in [0.4, 0.5) is 24.5 Å². The normalized spacial score (nSPS) is 26.6. The second-order valence-electron chi connectivity index (χ2n) is 10.7. The van der Waals surface area contributed by atoms with Crippen LogP contribution in [0.2, 0.25) is 0 Å². The van der Waals surface area contributed by atoms with Crippen LogP contribution >= 0.6 is 12.2 Å². The summed E-state index contributed by atoms with van der Waals surface area (Å²) >= 11 is 5.68. The largest absolute Gasteiger partial charge is 0.490 e. The highest BCUT2D eigenvalue weighted by atomic mass is 32.1. The van der Waals surface area contributed by atoms with E-state index in [9.17, 15) is 18.0 Å². The molecular formula is C27H26F3N5O2S. The van der Waals surface area contributed by atoms with E-state index in [2.05, 4.69) is 16.9 Å². The molecule has 2 bridgehead atoms. The number of nitrogens with zero attached hydrogens (tertiary/aromatic N) is 5. The fourth-order valence-electron chi connectivity index (χ4n) is 6.52. The summed E-state index contributed by atoms with van der Waals surface area (Å²) < 4.78 is 47.2. The first-order chi connectivity index (χ1) is 18.1. The van der Waals surface area contributed by atoms with E-state index < -0.39 is 23.0 Å². The Hall–Kier alpha value is -3.23. The summed E-state index contributed by atoms with van der Waals surface area (Å²) in [5.41, 5.74) is -2.31. The van der Waals surface area contributed by atoms with Crippen LogP contribution in [0, 0.1) is 23.2 Å². The maximum absolute atomic E-state index is 13.6.